The molecule has 0 saturated carbocycles. The van der Waals surface area contributed by atoms with Crippen molar-refractivity contribution in [3.8, 4) is 0 Å². The van der Waals surface area contributed by atoms with E-state index in [9.17, 15) is 58.4 Å². The van der Waals surface area contributed by atoms with Crippen LogP contribution in [0.4, 0.5) is 30.7 Å². The lowest BCUT2D eigenvalue weighted by molar-refractivity contribution is -0.359. The quantitative estimate of drug-likeness (QED) is 0.259. The minimum Gasteiger partial charge on any atom is -0.481 e. The summed E-state index contributed by atoms with van der Waals surface area (Å²) in [6.45, 7) is 3.03. The number of carbonyl (C=O) groups is 2. The molecule has 0 amide bonds. The Morgan fingerprint density at radius 2 is 1.45 bits per heavy atom. The summed E-state index contributed by atoms with van der Waals surface area (Å²) in [6, 6.07) is 0. The van der Waals surface area contributed by atoms with E-state index >= 15 is 0 Å². The van der Waals surface area contributed by atoms with Crippen LogP contribution in [0.3, 0.4) is 0 Å². The largest absolute Gasteiger partial charge is 0.481 e. The molecule has 15 heteroatoms. The van der Waals surface area contributed by atoms with Gasteiger partial charge in [0, 0.05) is 6.42 Å². The first-order valence-electron chi connectivity index (χ1n) is 8.96. The van der Waals surface area contributed by atoms with Crippen molar-refractivity contribution >= 4 is 22.1 Å². The van der Waals surface area contributed by atoms with E-state index in [1.807, 2.05) is 0 Å². The number of hydrogen-bond acceptors (Lipinski definition) is 4. The molecule has 7 nitrogen and oxygen atoms in total. The molecule has 0 aliphatic heterocycles. The Labute approximate surface area is 173 Å². The van der Waals surface area contributed by atoms with Crippen molar-refractivity contribution in [1.29, 1.82) is 0 Å². The number of alkyl halides is 7. The molecule has 184 valence electrons. The van der Waals surface area contributed by atoms with Crippen molar-refractivity contribution in [3.05, 3.63) is 0 Å². The Bertz CT molecular complexity index is 752. The normalized spacial score (nSPS) is 17.6. The fourth-order valence-electron chi connectivity index (χ4n) is 3.37. The number of aliphatic carboxylic acids is 2. The molecule has 0 fully saturated rings. The fourth-order valence-corrected chi connectivity index (χ4v) is 4.47. The summed E-state index contributed by atoms with van der Waals surface area (Å²) in [4.78, 5) is 23.4. The molecule has 0 bridgehead atoms. The predicted octanol–water partition coefficient (Wildman–Crippen LogP) is 4.23. The van der Waals surface area contributed by atoms with Crippen molar-refractivity contribution in [3.63, 3.8) is 0 Å². The summed E-state index contributed by atoms with van der Waals surface area (Å²) in [5.74, 6) is -19.4. The molecule has 0 spiro atoms. The maximum Gasteiger partial charge on any atom is 0.459 e. The van der Waals surface area contributed by atoms with Crippen LogP contribution in [0.5, 0.6) is 0 Å². The van der Waals surface area contributed by atoms with Crippen LogP contribution in [0, 0.1) is 11.3 Å². The van der Waals surface area contributed by atoms with Crippen LogP contribution in [0.2, 0.25) is 0 Å². The molecule has 3 atom stereocenters. The van der Waals surface area contributed by atoms with Crippen molar-refractivity contribution in [1.82, 2.24) is 0 Å². The van der Waals surface area contributed by atoms with Crippen molar-refractivity contribution < 1.29 is 63.5 Å². The van der Waals surface area contributed by atoms with Gasteiger partial charge in [0.05, 0.1) is 0 Å². The Morgan fingerprint density at radius 1 is 0.968 bits per heavy atom. The summed E-state index contributed by atoms with van der Waals surface area (Å²) in [6.07, 6.45) is -10.4. The summed E-state index contributed by atoms with van der Waals surface area (Å²) >= 11 is 0. The van der Waals surface area contributed by atoms with Gasteiger partial charge in [0.15, 0.2) is 5.25 Å². The van der Waals surface area contributed by atoms with Gasteiger partial charge in [0.2, 0.25) is 0 Å². The highest BCUT2D eigenvalue weighted by atomic mass is 32.2. The molecule has 0 aromatic rings. The second kappa shape index (κ2) is 9.88. The van der Waals surface area contributed by atoms with E-state index in [4.69, 9.17) is 5.11 Å². The lowest BCUT2D eigenvalue weighted by Crippen LogP contribution is -2.60. The third kappa shape index (κ3) is 6.43. The van der Waals surface area contributed by atoms with Gasteiger partial charge in [-0.3, -0.25) is 14.1 Å². The summed E-state index contributed by atoms with van der Waals surface area (Å²) in [5, 5.41) is 15.0. The smallest absolute Gasteiger partial charge is 0.459 e. The molecule has 0 aliphatic rings. The summed E-state index contributed by atoms with van der Waals surface area (Å²) in [7, 11) is -6.03. The van der Waals surface area contributed by atoms with E-state index in [1.165, 1.54) is 6.92 Å². The number of rotatable bonds is 13. The Balaban J connectivity index is 6.92. The first-order chi connectivity index (χ1) is 13.7. The topological polar surface area (TPSA) is 129 Å². The standard InChI is InChI=1S/C16H23F7O7S/c1-3-5-6-9(4-2)7-13(12(26)27,10(11(24)25)31(28,29)30)8-14(17,18)15(19,20)16(21,22)23/h9-10H,3-8H2,1-2H3,(H,24,25)(H,26,27)(H,28,29,30). The fraction of sp³-hybridized carbons (Fsp3) is 0.875. The molecule has 0 aromatic carbocycles. The predicted molar refractivity (Wildman–Crippen MR) is 91.5 cm³/mol. The van der Waals surface area contributed by atoms with Gasteiger partial charge in [-0.25, -0.2) is 0 Å². The summed E-state index contributed by atoms with van der Waals surface area (Å²) < 4.78 is 125. The van der Waals surface area contributed by atoms with Gasteiger partial charge in [-0.2, -0.15) is 39.2 Å². The molecule has 0 aliphatic carbocycles. The van der Waals surface area contributed by atoms with Gasteiger partial charge in [0.1, 0.15) is 5.41 Å². The highest BCUT2D eigenvalue weighted by Gasteiger charge is 2.76. The lowest BCUT2D eigenvalue weighted by Gasteiger charge is -2.40. The monoisotopic (exact) mass is 492 g/mol. The van der Waals surface area contributed by atoms with Crippen LogP contribution < -0.4 is 0 Å². The van der Waals surface area contributed by atoms with Crippen LogP contribution in [0.1, 0.15) is 52.4 Å². The molecule has 0 rings (SSSR count). The number of hydrogen-bond donors (Lipinski definition) is 3. The van der Waals surface area contributed by atoms with E-state index in [2.05, 4.69) is 0 Å². The Hall–Kier alpha value is -1.64. The van der Waals surface area contributed by atoms with E-state index in [-0.39, 0.29) is 12.8 Å². The molecule has 0 radical (unpaired) electrons. The SMILES string of the molecule is CCCCC(CC)CC(CC(F)(F)C(F)(F)C(F)(F)F)(C(=O)O)C(C(=O)O)S(=O)(=O)O. The molecule has 0 aromatic heterocycles. The third-order valence-electron chi connectivity index (χ3n) is 5.00. The average Bonchev–Trinajstić information content (AvgIpc) is 2.54. The first-order valence-corrected chi connectivity index (χ1v) is 10.5. The maximum atomic E-state index is 14.2. The molecule has 31 heavy (non-hydrogen) atoms. The van der Waals surface area contributed by atoms with Crippen molar-refractivity contribution in [2.24, 2.45) is 11.3 Å². The van der Waals surface area contributed by atoms with Crippen LogP contribution in [0.25, 0.3) is 0 Å². The molecule has 3 unspecified atom stereocenters. The number of carboxylic acid groups (broad SMARTS) is 2. The van der Waals surface area contributed by atoms with E-state index in [0.29, 0.717) is 12.8 Å². The van der Waals surface area contributed by atoms with Gasteiger partial charge < -0.3 is 10.2 Å². The van der Waals surface area contributed by atoms with E-state index in [0.717, 1.165) is 0 Å². The van der Waals surface area contributed by atoms with E-state index < -0.39 is 69.5 Å². The molecule has 0 saturated heterocycles. The lowest BCUT2D eigenvalue weighted by atomic mass is 9.70. The highest BCUT2D eigenvalue weighted by molar-refractivity contribution is 7.87. The highest BCUT2D eigenvalue weighted by Crippen LogP contribution is 2.54. The minimum atomic E-state index is -6.86. The zero-order chi connectivity index (χ0) is 25.1. The van der Waals surface area contributed by atoms with Crippen LogP contribution in [-0.2, 0) is 19.7 Å². The summed E-state index contributed by atoms with van der Waals surface area (Å²) in [5.41, 5.74) is -3.90. The van der Waals surface area contributed by atoms with Crippen LogP contribution in [-0.4, -0.2) is 58.4 Å². The van der Waals surface area contributed by atoms with Crippen molar-refractivity contribution in [2.45, 2.75) is 75.6 Å². The van der Waals surface area contributed by atoms with Gasteiger partial charge in [0.25, 0.3) is 10.1 Å². The molecule has 0 heterocycles. The molecular weight excluding hydrogens is 469 g/mol. The molecule has 3 N–H and O–H groups in total. The van der Waals surface area contributed by atoms with Crippen LogP contribution in [0.15, 0.2) is 0 Å². The average molecular weight is 492 g/mol. The number of unbranched alkanes of at least 4 members (excludes halogenated alkanes) is 1. The Kier molecular flexibility index (Phi) is 9.36. The minimum absolute atomic E-state index is 0.0150. The zero-order valence-corrected chi connectivity index (χ0v) is 17.2. The van der Waals surface area contributed by atoms with Gasteiger partial charge in [-0.1, -0.05) is 39.5 Å². The zero-order valence-electron chi connectivity index (χ0n) is 16.4. The first kappa shape index (κ1) is 29.4. The van der Waals surface area contributed by atoms with E-state index in [1.54, 1.807) is 6.92 Å². The van der Waals surface area contributed by atoms with Gasteiger partial charge >= 0.3 is 30.0 Å². The van der Waals surface area contributed by atoms with Gasteiger partial charge in [-0.15, -0.1) is 0 Å². The van der Waals surface area contributed by atoms with Crippen molar-refractivity contribution in [2.75, 3.05) is 0 Å². The Morgan fingerprint density at radius 3 is 1.74 bits per heavy atom. The van der Waals surface area contributed by atoms with Crippen LogP contribution >= 0.6 is 0 Å². The number of halogens is 7. The number of carboxylic acids is 2. The third-order valence-corrected chi connectivity index (χ3v) is 6.25. The second-order valence-electron chi connectivity index (χ2n) is 7.27. The maximum absolute atomic E-state index is 14.2. The van der Waals surface area contributed by atoms with Gasteiger partial charge in [-0.05, 0) is 12.3 Å². The second-order valence-corrected chi connectivity index (χ2v) is 8.77. The molecular formula is C16H23F7O7S.